The van der Waals surface area contributed by atoms with Gasteiger partial charge < -0.3 is 10.3 Å². The molecule has 3 heteroatoms. The first-order valence-corrected chi connectivity index (χ1v) is 8.05. The number of benzene rings is 1. The molecule has 1 aromatic carbocycles. The predicted octanol–water partition coefficient (Wildman–Crippen LogP) is 3.88. The highest BCUT2D eigenvalue weighted by atomic mass is 15.1. The molecular formula is C18H25N3. The molecule has 0 amide bonds. The fourth-order valence-electron chi connectivity index (χ4n) is 3.40. The Bertz CT molecular complexity index is 553. The van der Waals surface area contributed by atoms with Gasteiger partial charge in [-0.2, -0.15) is 0 Å². The molecule has 1 heterocycles. The second-order valence-corrected chi connectivity index (χ2v) is 6.44. The zero-order valence-corrected chi connectivity index (χ0v) is 12.8. The van der Waals surface area contributed by atoms with Gasteiger partial charge in [0.05, 0.1) is 18.1 Å². The molecule has 1 aromatic heterocycles. The summed E-state index contributed by atoms with van der Waals surface area (Å²) in [5, 5.41) is 0. The molecule has 1 fully saturated rings. The maximum absolute atomic E-state index is 6.45. The van der Waals surface area contributed by atoms with Crippen molar-refractivity contribution in [3.8, 4) is 0 Å². The van der Waals surface area contributed by atoms with Crippen LogP contribution in [-0.4, -0.2) is 9.55 Å². The number of nitrogens with two attached hydrogens (primary N) is 1. The van der Waals surface area contributed by atoms with E-state index in [1.54, 1.807) is 0 Å². The summed E-state index contributed by atoms with van der Waals surface area (Å²) in [7, 11) is 0. The van der Waals surface area contributed by atoms with E-state index < -0.39 is 0 Å². The number of rotatable bonds is 4. The van der Waals surface area contributed by atoms with Gasteiger partial charge in [0.15, 0.2) is 0 Å². The van der Waals surface area contributed by atoms with E-state index in [0.717, 1.165) is 12.3 Å². The van der Waals surface area contributed by atoms with Gasteiger partial charge in [-0.05, 0) is 43.6 Å². The Morgan fingerprint density at radius 1 is 1.19 bits per heavy atom. The summed E-state index contributed by atoms with van der Waals surface area (Å²) < 4.78 is 2.33. The van der Waals surface area contributed by atoms with Crippen LogP contribution in [0.5, 0.6) is 0 Å². The smallest absolute Gasteiger partial charge is 0.0951 e. The Balaban J connectivity index is 1.72. The molecule has 112 valence electrons. The van der Waals surface area contributed by atoms with Gasteiger partial charge >= 0.3 is 0 Å². The van der Waals surface area contributed by atoms with Crippen molar-refractivity contribution in [2.24, 2.45) is 11.7 Å². The lowest BCUT2D eigenvalue weighted by Crippen LogP contribution is -2.23. The maximum atomic E-state index is 6.45. The molecule has 0 bridgehead atoms. The lowest BCUT2D eigenvalue weighted by molar-refractivity contribution is 0.283. The molecule has 1 saturated carbocycles. The third kappa shape index (κ3) is 3.35. The summed E-state index contributed by atoms with van der Waals surface area (Å²) in [4.78, 5) is 4.36. The minimum atomic E-state index is 0.0225. The van der Waals surface area contributed by atoms with Crippen LogP contribution in [0.1, 0.15) is 55.9 Å². The second kappa shape index (κ2) is 6.44. The second-order valence-electron chi connectivity index (χ2n) is 6.44. The van der Waals surface area contributed by atoms with Crippen LogP contribution in [0.2, 0.25) is 0 Å². The van der Waals surface area contributed by atoms with Crippen molar-refractivity contribution in [3.05, 3.63) is 54.1 Å². The largest absolute Gasteiger partial charge is 0.330 e. The Morgan fingerprint density at radius 3 is 2.62 bits per heavy atom. The van der Waals surface area contributed by atoms with E-state index in [0.29, 0.717) is 6.04 Å². The van der Waals surface area contributed by atoms with Gasteiger partial charge in [0.2, 0.25) is 0 Å². The molecule has 0 spiro atoms. The van der Waals surface area contributed by atoms with Gasteiger partial charge in [-0.1, -0.05) is 37.3 Å². The minimum Gasteiger partial charge on any atom is -0.330 e. The highest BCUT2D eigenvalue weighted by Crippen LogP contribution is 2.33. The quantitative estimate of drug-likeness (QED) is 0.925. The molecule has 0 aliphatic heterocycles. The molecule has 3 nitrogen and oxygen atoms in total. The van der Waals surface area contributed by atoms with Crippen LogP contribution in [0.4, 0.5) is 0 Å². The molecule has 2 N–H and O–H groups in total. The average molecular weight is 283 g/mol. The van der Waals surface area contributed by atoms with Crippen molar-refractivity contribution in [2.75, 3.05) is 0 Å². The Kier molecular flexibility index (Phi) is 4.39. The zero-order valence-electron chi connectivity index (χ0n) is 12.8. The standard InChI is InChI=1S/C18H25N3/c1-14-7-9-16(10-8-14)21-13-20-12-18(21)17(19)11-15-5-3-2-4-6-15/h2-6,12-14,16-17H,7-11,19H2,1H3/t14?,16?,17-/m1/s1. The van der Waals surface area contributed by atoms with E-state index in [4.69, 9.17) is 5.73 Å². The van der Waals surface area contributed by atoms with Gasteiger partial charge in [-0.15, -0.1) is 0 Å². The van der Waals surface area contributed by atoms with Gasteiger partial charge in [-0.25, -0.2) is 4.98 Å². The molecule has 21 heavy (non-hydrogen) atoms. The van der Waals surface area contributed by atoms with Crippen LogP contribution in [0, 0.1) is 5.92 Å². The van der Waals surface area contributed by atoms with E-state index in [9.17, 15) is 0 Å². The number of imidazole rings is 1. The number of hydrogen-bond acceptors (Lipinski definition) is 2. The summed E-state index contributed by atoms with van der Waals surface area (Å²) in [5.74, 6) is 0.867. The Labute approximate surface area is 127 Å². The van der Waals surface area contributed by atoms with E-state index in [-0.39, 0.29) is 6.04 Å². The van der Waals surface area contributed by atoms with Gasteiger partial charge in [-0.3, -0.25) is 0 Å². The Hall–Kier alpha value is -1.61. The van der Waals surface area contributed by atoms with Crippen molar-refractivity contribution in [3.63, 3.8) is 0 Å². The van der Waals surface area contributed by atoms with E-state index >= 15 is 0 Å². The molecule has 1 aliphatic rings. The van der Waals surface area contributed by atoms with Crippen LogP contribution >= 0.6 is 0 Å². The number of aromatic nitrogens is 2. The van der Waals surface area contributed by atoms with Crippen LogP contribution in [0.15, 0.2) is 42.9 Å². The molecule has 3 rings (SSSR count). The summed E-state index contributed by atoms with van der Waals surface area (Å²) in [6.45, 7) is 2.35. The minimum absolute atomic E-state index is 0.0225. The average Bonchev–Trinajstić information content (AvgIpc) is 2.98. The first-order chi connectivity index (χ1) is 10.2. The fourth-order valence-corrected chi connectivity index (χ4v) is 3.40. The summed E-state index contributed by atoms with van der Waals surface area (Å²) in [6.07, 6.45) is 9.93. The maximum Gasteiger partial charge on any atom is 0.0951 e. The van der Waals surface area contributed by atoms with Crippen molar-refractivity contribution in [2.45, 2.75) is 51.1 Å². The first kappa shape index (κ1) is 14.3. The molecule has 0 saturated heterocycles. The van der Waals surface area contributed by atoms with E-state index in [1.807, 2.05) is 18.6 Å². The summed E-state index contributed by atoms with van der Waals surface area (Å²) in [5.41, 5.74) is 8.91. The highest BCUT2D eigenvalue weighted by Gasteiger charge is 2.23. The fraction of sp³-hybridized carbons (Fsp3) is 0.500. The molecule has 0 radical (unpaired) electrons. The molecular weight excluding hydrogens is 258 g/mol. The lowest BCUT2D eigenvalue weighted by Gasteiger charge is -2.29. The van der Waals surface area contributed by atoms with Crippen molar-refractivity contribution < 1.29 is 0 Å². The van der Waals surface area contributed by atoms with Crippen LogP contribution in [0.3, 0.4) is 0 Å². The van der Waals surface area contributed by atoms with Crippen molar-refractivity contribution in [1.82, 2.24) is 9.55 Å². The molecule has 1 atom stereocenters. The Morgan fingerprint density at radius 2 is 1.90 bits per heavy atom. The van der Waals surface area contributed by atoms with Gasteiger partial charge in [0.1, 0.15) is 0 Å². The summed E-state index contributed by atoms with van der Waals surface area (Å²) in [6, 6.07) is 11.1. The van der Waals surface area contributed by atoms with Crippen LogP contribution < -0.4 is 5.73 Å². The number of hydrogen-bond donors (Lipinski definition) is 1. The van der Waals surface area contributed by atoms with Gasteiger partial charge in [0.25, 0.3) is 0 Å². The van der Waals surface area contributed by atoms with Crippen molar-refractivity contribution in [1.29, 1.82) is 0 Å². The normalized spacial score (nSPS) is 23.9. The summed E-state index contributed by atoms with van der Waals surface area (Å²) >= 11 is 0. The van der Waals surface area contributed by atoms with Crippen molar-refractivity contribution >= 4 is 0 Å². The van der Waals surface area contributed by atoms with E-state index in [2.05, 4.69) is 40.7 Å². The third-order valence-corrected chi connectivity index (χ3v) is 4.75. The molecule has 0 unspecified atom stereocenters. The third-order valence-electron chi connectivity index (χ3n) is 4.75. The predicted molar refractivity (Wildman–Crippen MR) is 86.0 cm³/mol. The van der Waals surface area contributed by atoms with Crippen LogP contribution in [0.25, 0.3) is 0 Å². The molecule has 2 aromatic rings. The lowest BCUT2D eigenvalue weighted by atomic mass is 9.87. The monoisotopic (exact) mass is 283 g/mol. The SMILES string of the molecule is CC1CCC(n2cncc2[C@H](N)Cc2ccccc2)CC1. The first-order valence-electron chi connectivity index (χ1n) is 8.05. The van der Waals surface area contributed by atoms with Gasteiger partial charge in [0, 0.05) is 12.2 Å². The zero-order chi connectivity index (χ0) is 14.7. The molecule has 1 aliphatic carbocycles. The van der Waals surface area contributed by atoms with Crippen LogP contribution in [-0.2, 0) is 6.42 Å². The highest BCUT2D eigenvalue weighted by molar-refractivity contribution is 5.19. The number of nitrogens with zero attached hydrogens (tertiary/aromatic N) is 2. The van der Waals surface area contributed by atoms with E-state index in [1.165, 1.54) is 36.9 Å². The topological polar surface area (TPSA) is 43.8 Å².